The van der Waals surface area contributed by atoms with Crippen LogP contribution in [-0.2, 0) is 0 Å². The third-order valence-electron chi connectivity index (χ3n) is 3.60. The molecule has 1 saturated carbocycles. The molecule has 3 heteroatoms. The normalized spacial score (nSPS) is 27.7. The third kappa shape index (κ3) is 2.74. The number of hydrogen-bond donors (Lipinski definition) is 1. The largest absolute Gasteiger partial charge is 0.388 e. The summed E-state index contributed by atoms with van der Waals surface area (Å²) in [4.78, 5) is 3.93. The van der Waals surface area contributed by atoms with Crippen LogP contribution in [0.25, 0.3) is 0 Å². The number of aromatic nitrogens is 1. The molecule has 1 aliphatic rings. The van der Waals surface area contributed by atoms with Gasteiger partial charge in [-0.25, -0.2) is 4.98 Å². The van der Waals surface area contributed by atoms with Crippen LogP contribution in [-0.4, -0.2) is 10.1 Å². The van der Waals surface area contributed by atoms with Crippen LogP contribution in [0.3, 0.4) is 0 Å². The van der Waals surface area contributed by atoms with Crippen LogP contribution in [0.15, 0.2) is 18.3 Å². The smallest absolute Gasteiger partial charge is 0.129 e. The van der Waals surface area contributed by atoms with E-state index in [2.05, 4.69) is 11.9 Å². The molecule has 1 atom stereocenters. The Bertz CT molecular complexity index is 348. The van der Waals surface area contributed by atoms with E-state index in [1.54, 1.807) is 12.3 Å². The molecule has 0 aromatic carbocycles. The second-order valence-corrected chi connectivity index (χ2v) is 5.26. The molecule has 1 aliphatic carbocycles. The lowest BCUT2D eigenvalue weighted by molar-refractivity contribution is 0.0755. The van der Waals surface area contributed by atoms with Crippen LogP contribution in [0.4, 0.5) is 0 Å². The first-order chi connectivity index (χ1) is 7.66. The summed E-state index contributed by atoms with van der Waals surface area (Å²) in [5.41, 5.74) is 0.902. The van der Waals surface area contributed by atoms with Crippen molar-refractivity contribution < 1.29 is 5.11 Å². The Balaban J connectivity index is 2.04. The Kier molecular flexibility index (Phi) is 3.82. The summed E-state index contributed by atoms with van der Waals surface area (Å²) in [7, 11) is 0. The van der Waals surface area contributed by atoms with Crippen molar-refractivity contribution in [3.63, 3.8) is 0 Å². The fraction of sp³-hybridized carbons (Fsp3) is 0.615. The molecule has 0 spiro atoms. The van der Waals surface area contributed by atoms with Gasteiger partial charge in [-0.2, -0.15) is 0 Å². The van der Waals surface area contributed by atoms with E-state index in [0.29, 0.717) is 11.1 Å². The first kappa shape index (κ1) is 11.9. The molecule has 0 amide bonds. The van der Waals surface area contributed by atoms with Gasteiger partial charge in [0.2, 0.25) is 0 Å². The molecule has 1 fully saturated rings. The number of aliphatic hydroxyl groups excluding tert-OH is 1. The van der Waals surface area contributed by atoms with Gasteiger partial charge in [-0.1, -0.05) is 31.4 Å². The summed E-state index contributed by atoms with van der Waals surface area (Å²) < 4.78 is 0. The average Bonchev–Trinajstić information content (AvgIpc) is 2.29. The molecule has 16 heavy (non-hydrogen) atoms. The van der Waals surface area contributed by atoms with Crippen molar-refractivity contribution in [3.05, 3.63) is 29.0 Å². The maximum absolute atomic E-state index is 10.3. The molecule has 88 valence electrons. The van der Waals surface area contributed by atoms with Crippen molar-refractivity contribution in [2.45, 2.75) is 38.7 Å². The summed E-state index contributed by atoms with van der Waals surface area (Å²) in [6.07, 6.45) is 5.95. The van der Waals surface area contributed by atoms with Gasteiger partial charge in [0.1, 0.15) is 5.15 Å². The lowest BCUT2D eigenvalue weighted by Crippen LogP contribution is -2.19. The highest BCUT2D eigenvalue weighted by atomic mass is 35.5. The van der Waals surface area contributed by atoms with Crippen LogP contribution in [0.2, 0.25) is 5.15 Å². The van der Waals surface area contributed by atoms with Crippen LogP contribution in [0.5, 0.6) is 0 Å². The summed E-state index contributed by atoms with van der Waals surface area (Å²) in [6.45, 7) is 2.28. The molecular formula is C13H18ClNO. The van der Waals surface area contributed by atoms with Crippen LogP contribution < -0.4 is 0 Å². The van der Waals surface area contributed by atoms with Gasteiger partial charge in [-0.15, -0.1) is 0 Å². The van der Waals surface area contributed by atoms with Gasteiger partial charge in [0, 0.05) is 6.20 Å². The predicted octanol–water partition coefficient (Wildman–Crippen LogP) is 3.59. The van der Waals surface area contributed by atoms with E-state index < -0.39 is 0 Å². The minimum atomic E-state index is -0.381. The van der Waals surface area contributed by atoms with E-state index in [-0.39, 0.29) is 6.10 Å². The van der Waals surface area contributed by atoms with Gasteiger partial charge in [0.25, 0.3) is 0 Å². The molecule has 1 aromatic rings. The maximum Gasteiger partial charge on any atom is 0.129 e. The second-order valence-electron chi connectivity index (χ2n) is 4.88. The first-order valence-corrected chi connectivity index (χ1v) is 6.34. The number of hydrogen-bond acceptors (Lipinski definition) is 2. The van der Waals surface area contributed by atoms with Crippen LogP contribution >= 0.6 is 11.6 Å². The molecule has 0 aliphatic heterocycles. The van der Waals surface area contributed by atoms with Crippen molar-refractivity contribution in [3.8, 4) is 0 Å². The van der Waals surface area contributed by atoms with Gasteiger partial charge in [-0.05, 0) is 42.4 Å². The third-order valence-corrected chi connectivity index (χ3v) is 3.81. The Morgan fingerprint density at radius 3 is 2.69 bits per heavy atom. The predicted molar refractivity (Wildman–Crippen MR) is 65.3 cm³/mol. The number of halogens is 1. The second kappa shape index (κ2) is 5.15. The SMILES string of the molecule is CC1CCC(C(O)c2ccnc(Cl)c2)CC1. The van der Waals surface area contributed by atoms with E-state index >= 15 is 0 Å². The fourth-order valence-corrected chi connectivity index (χ4v) is 2.66. The molecule has 0 bridgehead atoms. The monoisotopic (exact) mass is 239 g/mol. The summed E-state index contributed by atoms with van der Waals surface area (Å²) in [5, 5.41) is 10.7. The Morgan fingerprint density at radius 2 is 2.06 bits per heavy atom. The van der Waals surface area contributed by atoms with E-state index in [1.165, 1.54) is 12.8 Å². The summed E-state index contributed by atoms with van der Waals surface area (Å²) >= 11 is 5.83. The fourth-order valence-electron chi connectivity index (χ4n) is 2.48. The van der Waals surface area contributed by atoms with Gasteiger partial charge in [0.05, 0.1) is 6.10 Å². The van der Waals surface area contributed by atoms with E-state index in [0.717, 1.165) is 24.3 Å². The highest BCUT2D eigenvalue weighted by molar-refractivity contribution is 6.29. The highest BCUT2D eigenvalue weighted by Crippen LogP contribution is 2.36. The molecule has 1 unspecified atom stereocenters. The molecule has 1 N–H and O–H groups in total. The minimum Gasteiger partial charge on any atom is -0.388 e. The number of pyridine rings is 1. The molecule has 1 aromatic heterocycles. The Labute approximate surface area is 102 Å². The molecule has 2 nitrogen and oxygen atoms in total. The molecule has 0 saturated heterocycles. The van der Waals surface area contributed by atoms with Crippen molar-refractivity contribution in [2.24, 2.45) is 11.8 Å². The molecular weight excluding hydrogens is 222 g/mol. The van der Waals surface area contributed by atoms with Crippen molar-refractivity contribution in [2.75, 3.05) is 0 Å². The zero-order valence-electron chi connectivity index (χ0n) is 9.56. The lowest BCUT2D eigenvalue weighted by Gasteiger charge is -2.30. The quantitative estimate of drug-likeness (QED) is 0.800. The van der Waals surface area contributed by atoms with Gasteiger partial charge >= 0.3 is 0 Å². The topological polar surface area (TPSA) is 33.1 Å². The standard InChI is InChI=1S/C13H18ClNO/c1-9-2-4-10(5-3-9)13(16)11-6-7-15-12(14)8-11/h6-10,13,16H,2-5H2,1H3. The van der Waals surface area contributed by atoms with E-state index in [4.69, 9.17) is 11.6 Å². The minimum absolute atomic E-state index is 0.381. The van der Waals surface area contributed by atoms with Crippen molar-refractivity contribution in [1.29, 1.82) is 0 Å². The van der Waals surface area contributed by atoms with Gasteiger partial charge in [-0.3, -0.25) is 0 Å². The summed E-state index contributed by atoms with van der Waals surface area (Å²) in [6, 6.07) is 3.62. The maximum atomic E-state index is 10.3. The Hall–Kier alpha value is -0.600. The average molecular weight is 240 g/mol. The zero-order chi connectivity index (χ0) is 11.5. The summed E-state index contributed by atoms with van der Waals surface area (Å²) in [5.74, 6) is 1.19. The van der Waals surface area contributed by atoms with Crippen molar-refractivity contribution >= 4 is 11.6 Å². The van der Waals surface area contributed by atoms with Gasteiger partial charge < -0.3 is 5.11 Å². The number of aliphatic hydroxyl groups is 1. The van der Waals surface area contributed by atoms with E-state index in [9.17, 15) is 5.11 Å². The number of nitrogens with zero attached hydrogens (tertiary/aromatic N) is 1. The number of rotatable bonds is 2. The van der Waals surface area contributed by atoms with E-state index in [1.807, 2.05) is 6.07 Å². The van der Waals surface area contributed by atoms with Gasteiger partial charge in [0.15, 0.2) is 0 Å². The van der Waals surface area contributed by atoms with Crippen LogP contribution in [0.1, 0.15) is 44.3 Å². The highest BCUT2D eigenvalue weighted by Gasteiger charge is 2.25. The molecule has 0 radical (unpaired) electrons. The molecule has 1 heterocycles. The molecule has 2 rings (SSSR count). The first-order valence-electron chi connectivity index (χ1n) is 5.96. The Morgan fingerprint density at radius 1 is 1.38 bits per heavy atom. The lowest BCUT2D eigenvalue weighted by atomic mass is 9.79. The zero-order valence-corrected chi connectivity index (χ0v) is 10.3. The van der Waals surface area contributed by atoms with Crippen LogP contribution in [0, 0.1) is 11.8 Å². The van der Waals surface area contributed by atoms with Crippen molar-refractivity contribution in [1.82, 2.24) is 4.98 Å².